The molecule has 2 N–H and O–H groups in total. The van der Waals surface area contributed by atoms with Gasteiger partial charge in [-0.25, -0.2) is 8.78 Å². The molecule has 1 saturated heterocycles. The predicted molar refractivity (Wildman–Crippen MR) is 134 cm³/mol. The van der Waals surface area contributed by atoms with Crippen molar-refractivity contribution in [3.63, 3.8) is 0 Å². The monoisotopic (exact) mass is 513 g/mol. The number of ether oxygens (including phenoxy) is 1. The second kappa shape index (κ2) is 11.0. The van der Waals surface area contributed by atoms with E-state index in [9.17, 15) is 23.5 Å². The molecule has 188 valence electrons. The first-order valence-electron chi connectivity index (χ1n) is 11.2. The van der Waals surface area contributed by atoms with Crippen molar-refractivity contribution in [2.24, 2.45) is 0 Å². The summed E-state index contributed by atoms with van der Waals surface area (Å²) in [6, 6.07) is 12.1. The van der Waals surface area contributed by atoms with E-state index in [0.717, 1.165) is 10.5 Å². The number of amides is 1. The van der Waals surface area contributed by atoms with E-state index in [1.54, 1.807) is 22.7 Å². The van der Waals surface area contributed by atoms with Crippen LogP contribution in [0.2, 0.25) is 0 Å². The molecule has 4 heterocycles. The molecule has 1 fully saturated rings. The van der Waals surface area contributed by atoms with Gasteiger partial charge in [0, 0.05) is 35.0 Å². The molecule has 0 aliphatic carbocycles. The lowest BCUT2D eigenvalue weighted by Gasteiger charge is -2.41. The number of aromatic nitrogens is 1. The Morgan fingerprint density at radius 3 is 2.67 bits per heavy atom. The van der Waals surface area contributed by atoms with Crippen molar-refractivity contribution in [3.05, 3.63) is 106 Å². The van der Waals surface area contributed by atoms with Crippen LogP contribution in [-0.4, -0.2) is 46.5 Å². The van der Waals surface area contributed by atoms with E-state index in [1.807, 2.05) is 24.3 Å². The molecule has 3 aliphatic heterocycles. The molecule has 0 saturated carbocycles. The molecule has 1 atom stereocenters. The van der Waals surface area contributed by atoms with Crippen LogP contribution in [0.4, 0.5) is 8.78 Å². The summed E-state index contributed by atoms with van der Waals surface area (Å²) in [5, 5.41) is 9.65. The Morgan fingerprint density at radius 1 is 1.08 bits per heavy atom. The molecule has 0 bridgehead atoms. The molecule has 0 radical (unpaired) electrons. The van der Waals surface area contributed by atoms with E-state index < -0.39 is 22.8 Å². The summed E-state index contributed by atoms with van der Waals surface area (Å²) in [4.78, 5) is 26.2. The maximum Gasteiger partial charge on any atom is 0.278 e. The second-order valence-corrected chi connectivity index (χ2v) is 9.05. The maximum atomic E-state index is 13.7. The lowest BCUT2D eigenvalue weighted by molar-refractivity contribution is -0.00314. The molecular formula is C26H25F2N3O4S. The topological polar surface area (TPSA) is 83.8 Å². The summed E-state index contributed by atoms with van der Waals surface area (Å²) in [6.45, 7) is 7.29. The Morgan fingerprint density at radius 2 is 1.86 bits per heavy atom. The minimum absolute atomic E-state index is 0.0179. The molecule has 3 aromatic rings. The lowest BCUT2D eigenvalue weighted by atomic mass is 10.0. The largest absolute Gasteiger partial charge is 0.502 e. The van der Waals surface area contributed by atoms with Crippen LogP contribution in [0.5, 0.6) is 5.75 Å². The number of aromatic hydroxyl groups is 1. The zero-order valence-electron chi connectivity index (χ0n) is 19.4. The van der Waals surface area contributed by atoms with E-state index >= 15 is 0 Å². The van der Waals surface area contributed by atoms with Gasteiger partial charge in [-0.15, -0.1) is 24.9 Å². The van der Waals surface area contributed by atoms with Crippen molar-refractivity contribution in [2.75, 3.05) is 25.2 Å². The Hall–Kier alpha value is -3.63. The summed E-state index contributed by atoms with van der Waals surface area (Å²) in [5.74, 6) is -1.82. The molecular weight excluding hydrogens is 488 g/mol. The second-order valence-electron chi connectivity index (χ2n) is 8.04. The summed E-state index contributed by atoms with van der Waals surface area (Å²) in [5.41, 5.74) is 5.00. The van der Waals surface area contributed by atoms with Gasteiger partial charge in [-0.1, -0.05) is 24.3 Å². The Balaban J connectivity index is 0.000000158. The average molecular weight is 514 g/mol. The summed E-state index contributed by atoms with van der Waals surface area (Å²) in [6.07, 6.45) is 1.85. The summed E-state index contributed by atoms with van der Waals surface area (Å²) >= 11 is 1.57. The molecule has 2 aromatic carbocycles. The van der Waals surface area contributed by atoms with Crippen LogP contribution < -0.4 is 10.9 Å². The fourth-order valence-electron chi connectivity index (χ4n) is 4.19. The van der Waals surface area contributed by atoms with Crippen LogP contribution in [0.3, 0.4) is 0 Å². The van der Waals surface area contributed by atoms with Crippen LogP contribution in [0.25, 0.3) is 0 Å². The van der Waals surface area contributed by atoms with Gasteiger partial charge < -0.3 is 20.2 Å². The van der Waals surface area contributed by atoms with Crippen LogP contribution >= 0.6 is 11.8 Å². The van der Waals surface area contributed by atoms with Gasteiger partial charge in [-0.05, 0) is 29.7 Å². The van der Waals surface area contributed by atoms with Crippen molar-refractivity contribution in [2.45, 2.75) is 23.2 Å². The first-order chi connectivity index (χ1) is 17.4. The molecule has 36 heavy (non-hydrogen) atoms. The number of morpholine rings is 1. The van der Waals surface area contributed by atoms with Crippen LogP contribution in [-0.2, 0) is 16.9 Å². The van der Waals surface area contributed by atoms with Gasteiger partial charge in [0.25, 0.3) is 5.91 Å². The van der Waals surface area contributed by atoms with Gasteiger partial charge in [0.1, 0.15) is 6.17 Å². The number of hydrogen-bond acceptors (Lipinski definition) is 6. The SMILES string of the molecule is C=C.Fc1ccc2c(c1F)CSc1ccccc1C2.O=C1c2c(O)c(=O)ccn2N[C@@H]2COCCN12. The van der Waals surface area contributed by atoms with Gasteiger partial charge in [-0.2, -0.15) is 0 Å². The molecule has 10 heteroatoms. The minimum atomic E-state index is -0.754. The number of rotatable bonds is 0. The van der Waals surface area contributed by atoms with Gasteiger partial charge in [-0.3, -0.25) is 14.3 Å². The first-order valence-corrected chi connectivity index (χ1v) is 12.2. The highest BCUT2D eigenvalue weighted by molar-refractivity contribution is 7.98. The number of carbonyl (C=O) groups excluding carboxylic acids is 1. The normalized spacial score (nSPS) is 17.3. The number of benzene rings is 2. The van der Waals surface area contributed by atoms with Gasteiger partial charge >= 0.3 is 0 Å². The molecule has 6 rings (SSSR count). The fraction of sp³-hybridized carbons (Fsp3) is 0.231. The predicted octanol–water partition coefficient (Wildman–Crippen LogP) is 3.87. The zero-order valence-corrected chi connectivity index (χ0v) is 20.2. The van der Waals surface area contributed by atoms with Crippen LogP contribution in [0, 0.1) is 11.6 Å². The number of halogens is 2. The highest BCUT2D eigenvalue weighted by Gasteiger charge is 2.36. The number of thioether (sulfide) groups is 1. The van der Waals surface area contributed by atoms with Crippen molar-refractivity contribution >= 4 is 17.7 Å². The van der Waals surface area contributed by atoms with E-state index in [2.05, 4.69) is 18.6 Å². The van der Waals surface area contributed by atoms with Gasteiger partial charge in [0.2, 0.25) is 5.43 Å². The summed E-state index contributed by atoms with van der Waals surface area (Å²) in [7, 11) is 0. The smallest absolute Gasteiger partial charge is 0.278 e. The van der Waals surface area contributed by atoms with Crippen molar-refractivity contribution in [1.29, 1.82) is 0 Å². The number of nitrogens with zero attached hydrogens (tertiary/aromatic N) is 2. The number of carbonyl (C=O) groups is 1. The highest BCUT2D eigenvalue weighted by atomic mass is 32.2. The van der Waals surface area contributed by atoms with E-state index in [0.29, 0.717) is 37.5 Å². The lowest BCUT2D eigenvalue weighted by Crippen LogP contribution is -2.59. The third-order valence-electron chi connectivity index (χ3n) is 5.97. The maximum absolute atomic E-state index is 13.7. The molecule has 1 aromatic heterocycles. The standard InChI is InChI=1S/C14H10F2S.C10H11N3O4.C2H4/c15-12-6-5-9-7-10-3-1-2-4-13(10)17-8-11(9)14(12)16;14-6-1-2-13-8(9(6)15)10(16)12-3-4-17-5-7(12)11-13;1-2/h1-6H,7-8H2;1-2,7,11,15H,3-5H2;1-2H2/t;7-;/m.0./s1. The molecule has 0 spiro atoms. The average Bonchev–Trinajstić information content (AvgIpc) is 3.10. The molecule has 0 unspecified atom stereocenters. The molecule has 1 amide bonds. The van der Waals surface area contributed by atoms with Gasteiger partial charge in [0.15, 0.2) is 23.1 Å². The first kappa shape index (κ1) is 25.5. The van der Waals surface area contributed by atoms with E-state index in [1.165, 1.54) is 28.6 Å². The third-order valence-corrected chi connectivity index (χ3v) is 7.11. The number of nitrogens with one attached hydrogen (secondary N) is 1. The summed E-state index contributed by atoms with van der Waals surface area (Å²) < 4.78 is 33.5. The molecule has 3 aliphatic rings. The quantitative estimate of drug-likeness (QED) is 0.444. The zero-order chi connectivity index (χ0) is 25.8. The Kier molecular flexibility index (Phi) is 7.76. The van der Waals surface area contributed by atoms with Crippen molar-refractivity contribution in [1.82, 2.24) is 9.58 Å². The number of fused-ring (bicyclic) bond motifs is 4. The van der Waals surface area contributed by atoms with Gasteiger partial charge in [0.05, 0.1) is 13.2 Å². The highest BCUT2D eigenvalue weighted by Crippen LogP contribution is 2.35. The van der Waals surface area contributed by atoms with E-state index in [-0.39, 0.29) is 17.8 Å². The third kappa shape index (κ3) is 4.87. The van der Waals surface area contributed by atoms with E-state index in [4.69, 9.17) is 4.74 Å². The van der Waals surface area contributed by atoms with Crippen molar-refractivity contribution in [3.8, 4) is 5.75 Å². The number of pyridine rings is 1. The Bertz CT molecular complexity index is 1350. The van der Waals surface area contributed by atoms with Crippen LogP contribution in [0.15, 0.2) is 71.5 Å². The number of hydrogen-bond donors (Lipinski definition) is 2. The van der Waals surface area contributed by atoms with Crippen LogP contribution in [0.1, 0.15) is 27.2 Å². The molecule has 7 nitrogen and oxygen atoms in total. The Labute approximate surface area is 211 Å². The fourth-order valence-corrected chi connectivity index (χ4v) is 5.30. The minimum Gasteiger partial charge on any atom is -0.502 e. The van der Waals surface area contributed by atoms with Crippen molar-refractivity contribution < 1.29 is 23.4 Å².